The summed E-state index contributed by atoms with van der Waals surface area (Å²) in [5.74, 6) is 3.11. The number of halogens is 1. The van der Waals surface area contributed by atoms with Gasteiger partial charge in [0.2, 0.25) is 10.0 Å². The van der Waals surface area contributed by atoms with Gasteiger partial charge in [-0.15, -0.1) is 23.9 Å². The molecule has 0 saturated heterocycles. The lowest BCUT2D eigenvalue weighted by molar-refractivity contribution is 0.576. The summed E-state index contributed by atoms with van der Waals surface area (Å²) in [6.07, 6.45) is 7.66. The molecule has 1 N–H and O–H groups in total. The molecule has 0 bridgehead atoms. The van der Waals surface area contributed by atoms with Crippen molar-refractivity contribution in [2.45, 2.75) is 25.7 Å². The van der Waals surface area contributed by atoms with Crippen molar-refractivity contribution in [3.63, 3.8) is 0 Å². The number of unbranched alkanes of at least 4 members (excludes halogenated alkanes) is 2. The van der Waals surface area contributed by atoms with Gasteiger partial charge in [0.1, 0.15) is 0 Å². The van der Waals surface area contributed by atoms with Gasteiger partial charge in [0.05, 0.1) is 5.75 Å². The first-order valence-corrected chi connectivity index (χ1v) is 6.78. The Kier molecular flexibility index (Phi) is 7.96. The average Bonchev–Trinajstić information content (AvgIpc) is 2.13. The quantitative estimate of drug-likeness (QED) is 0.393. The maximum Gasteiger partial charge on any atom is 0.211 e. The van der Waals surface area contributed by atoms with Crippen LogP contribution in [0.1, 0.15) is 25.7 Å². The summed E-state index contributed by atoms with van der Waals surface area (Å²) in [5, 5.41) is 0. The monoisotopic (exact) mass is 237 g/mol. The second-order valence-corrected chi connectivity index (χ2v) is 5.22. The number of hydrogen-bond donors (Lipinski definition) is 1. The number of hydrogen-bond acceptors (Lipinski definition) is 2. The molecule has 0 aliphatic rings. The zero-order valence-electron chi connectivity index (χ0n) is 8.13. The number of alkyl halides is 1. The highest BCUT2D eigenvalue weighted by molar-refractivity contribution is 7.89. The van der Waals surface area contributed by atoms with Crippen LogP contribution in [-0.2, 0) is 10.0 Å². The Bertz CT molecular complexity index is 269. The van der Waals surface area contributed by atoms with Crippen LogP contribution in [0.5, 0.6) is 0 Å². The van der Waals surface area contributed by atoms with Crippen LogP contribution in [0, 0.1) is 12.3 Å². The molecule has 0 aromatic carbocycles. The van der Waals surface area contributed by atoms with Crippen LogP contribution in [0.4, 0.5) is 0 Å². The van der Waals surface area contributed by atoms with Crippen molar-refractivity contribution in [2.24, 2.45) is 0 Å². The van der Waals surface area contributed by atoms with Gasteiger partial charge in [-0.3, -0.25) is 0 Å². The SMILES string of the molecule is C#CCCCNS(=O)(=O)CCCCCl. The van der Waals surface area contributed by atoms with Crippen LogP contribution in [-0.4, -0.2) is 26.6 Å². The van der Waals surface area contributed by atoms with Gasteiger partial charge in [-0.1, -0.05) is 0 Å². The first kappa shape index (κ1) is 13.8. The Hall–Kier alpha value is -0.240. The van der Waals surface area contributed by atoms with Crippen LogP contribution in [0.3, 0.4) is 0 Å². The minimum Gasteiger partial charge on any atom is -0.215 e. The molecule has 0 rings (SSSR count). The molecule has 0 spiro atoms. The molecule has 0 radical (unpaired) electrons. The van der Waals surface area contributed by atoms with Gasteiger partial charge in [-0.05, 0) is 19.3 Å². The number of terminal acetylenes is 1. The number of sulfonamides is 1. The van der Waals surface area contributed by atoms with E-state index in [-0.39, 0.29) is 5.75 Å². The smallest absolute Gasteiger partial charge is 0.211 e. The van der Waals surface area contributed by atoms with Crippen molar-refractivity contribution in [3.8, 4) is 12.3 Å². The van der Waals surface area contributed by atoms with E-state index in [2.05, 4.69) is 10.6 Å². The first-order chi connectivity index (χ1) is 6.62. The molecule has 0 amide bonds. The highest BCUT2D eigenvalue weighted by Crippen LogP contribution is 1.96. The lowest BCUT2D eigenvalue weighted by atomic mass is 10.3. The molecule has 0 aromatic heterocycles. The third-order valence-electron chi connectivity index (χ3n) is 1.62. The largest absolute Gasteiger partial charge is 0.215 e. The van der Waals surface area contributed by atoms with E-state index < -0.39 is 10.0 Å². The summed E-state index contributed by atoms with van der Waals surface area (Å²) >= 11 is 5.44. The molecule has 0 fully saturated rings. The van der Waals surface area contributed by atoms with Crippen LogP contribution >= 0.6 is 11.6 Å². The van der Waals surface area contributed by atoms with Gasteiger partial charge in [0, 0.05) is 18.8 Å². The maximum atomic E-state index is 11.3. The molecular formula is C9H16ClNO2S. The summed E-state index contributed by atoms with van der Waals surface area (Å²) in [5.41, 5.74) is 0. The molecule has 3 nitrogen and oxygen atoms in total. The molecular weight excluding hydrogens is 222 g/mol. The van der Waals surface area contributed by atoms with Crippen LogP contribution in [0.2, 0.25) is 0 Å². The first-order valence-electron chi connectivity index (χ1n) is 4.59. The molecule has 0 unspecified atom stereocenters. The van der Waals surface area contributed by atoms with Crippen LogP contribution in [0.15, 0.2) is 0 Å². The van der Waals surface area contributed by atoms with Crippen molar-refractivity contribution >= 4 is 21.6 Å². The summed E-state index contributed by atoms with van der Waals surface area (Å²) < 4.78 is 25.0. The van der Waals surface area contributed by atoms with Crippen molar-refractivity contribution in [1.29, 1.82) is 0 Å². The third kappa shape index (κ3) is 8.36. The molecule has 0 saturated carbocycles. The predicted molar refractivity (Wildman–Crippen MR) is 59.8 cm³/mol. The van der Waals surface area contributed by atoms with E-state index in [9.17, 15) is 8.42 Å². The van der Waals surface area contributed by atoms with E-state index >= 15 is 0 Å². The second-order valence-electron chi connectivity index (χ2n) is 2.92. The van der Waals surface area contributed by atoms with Crippen molar-refractivity contribution in [3.05, 3.63) is 0 Å². The highest BCUT2D eigenvalue weighted by atomic mass is 35.5. The molecule has 0 aliphatic carbocycles. The molecule has 5 heteroatoms. The lowest BCUT2D eigenvalue weighted by Crippen LogP contribution is -2.27. The molecule has 0 atom stereocenters. The topological polar surface area (TPSA) is 46.2 Å². The average molecular weight is 238 g/mol. The number of nitrogens with one attached hydrogen (secondary N) is 1. The fraction of sp³-hybridized carbons (Fsp3) is 0.778. The van der Waals surface area contributed by atoms with E-state index in [0.717, 1.165) is 6.42 Å². The summed E-state index contributed by atoms with van der Waals surface area (Å²) in [6.45, 7) is 0.424. The zero-order valence-corrected chi connectivity index (χ0v) is 9.70. The fourth-order valence-corrected chi connectivity index (χ4v) is 2.25. The van der Waals surface area contributed by atoms with Gasteiger partial charge in [-0.2, -0.15) is 0 Å². The Labute approximate surface area is 91.3 Å². The van der Waals surface area contributed by atoms with Crippen molar-refractivity contribution in [2.75, 3.05) is 18.2 Å². The van der Waals surface area contributed by atoms with E-state index in [4.69, 9.17) is 18.0 Å². The van der Waals surface area contributed by atoms with E-state index in [1.807, 2.05) is 0 Å². The van der Waals surface area contributed by atoms with Crippen LogP contribution < -0.4 is 4.72 Å². The highest BCUT2D eigenvalue weighted by Gasteiger charge is 2.07. The normalized spacial score (nSPS) is 11.1. The number of rotatable bonds is 8. The summed E-state index contributed by atoms with van der Waals surface area (Å²) in [7, 11) is -3.11. The third-order valence-corrected chi connectivity index (χ3v) is 3.35. The second kappa shape index (κ2) is 8.10. The molecule has 82 valence electrons. The van der Waals surface area contributed by atoms with Gasteiger partial charge < -0.3 is 0 Å². The predicted octanol–water partition coefficient (Wildman–Crippen LogP) is 1.34. The Morgan fingerprint density at radius 3 is 2.57 bits per heavy atom. The van der Waals surface area contributed by atoms with E-state index in [0.29, 0.717) is 31.7 Å². The Morgan fingerprint density at radius 1 is 1.29 bits per heavy atom. The van der Waals surface area contributed by atoms with Crippen LogP contribution in [0.25, 0.3) is 0 Å². The zero-order chi connectivity index (χ0) is 10.9. The van der Waals surface area contributed by atoms with Gasteiger partial charge in [0.15, 0.2) is 0 Å². The minimum atomic E-state index is -3.11. The van der Waals surface area contributed by atoms with Gasteiger partial charge >= 0.3 is 0 Å². The fourth-order valence-electron chi connectivity index (χ4n) is 0.877. The van der Waals surface area contributed by atoms with Gasteiger partial charge in [0.25, 0.3) is 0 Å². The lowest BCUT2D eigenvalue weighted by Gasteiger charge is -2.04. The Balaban J connectivity index is 3.58. The van der Waals surface area contributed by atoms with E-state index in [1.165, 1.54) is 0 Å². The molecule has 0 aromatic rings. The van der Waals surface area contributed by atoms with E-state index in [1.54, 1.807) is 0 Å². The molecule has 0 aliphatic heterocycles. The molecule has 0 heterocycles. The maximum absolute atomic E-state index is 11.3. The van der Waals surface area contributed by atoms with Crippen molar-refractivity contribution < 1.29 is 8.42 Å². The minimum absolute atomic E-state index is 0.149. The summed E-state index contributed by atoms with van der Waals surface area (Å²) in [4.78, 5) is 0. The van der Waals surface area contributed by atoms with Crippen molar-refractivity contribution in [1.82, 2.24) is 4.72 Å². The van der Waals surface area contributed by atoms with Gasteiger partial charge in [-0.25, -0.2) is 13.1 Å². The standard InChI is InChI=1S/C9H16ClNO2S/c1-2-3-5-8-11-14(12,13)9-6-4-7-10/h1,11H,3-9H2. The molecule has 14 heavy (non-hydrogen) atoms. The summed E-state index contributed by atoms with van der Waals surface area (Å²) in [6, 6.07) is 0. The Morgan fingerprint density at radius 2 is 2.00 bits per heavy atom.